The molecule has 6 nitrogen and oxygen atoms in total. The smallest absolute Gasteiger partial charge is 0.339 e. The second kappa shape index (κ2) is 7.45. The molecule has 2 aromatic rings. The van der Waals surface area contributed by atoms with Crippen molar-refractivity contribution >= 4 is 27.6 Å². The van der Waals surface area contributed by atoms with Crippen LogP contribution in [0.15, 0.2) is 53.4 Å². The molecule has 2 N–H and O–H groups in total. The van der Waals surface area contributed by atoms with E-state index in [0.717, 1.165) is 6.07 Å². The van der Waals surface area contributed by atoms with Crippen LogP contribution in [0, 0.1) is 0 Å². The molecule has 0 aliphatic rings. The van der Waals surface area contributed by atoms with Gasteiger partial charge in [-0.3, -0.25) is 0 Å². The minimum absolute atomic E-state index is 0.0103. The fourth-order valence-electron chi connectivity index (χ4n) is 1.73. The molecule has 0 aromatic heterocycles. The molecule has 2 rings (SSSR count). The van der Waals surface area contributed by atoms with Gasteiger partial charge in [-0.25, -0.2) is 18.4 Å². The van der Waals surface area contributed by atoms with Crippen LogP contribution in [0.5, 0.6) is 5.75 Å². The third-order valence-electron chi connectivity index (χ3n) is 2.81. The Hall–Kier alpha value is -2.09. The largest absolute Gasteiger partial charge is 0.490 e. The molecule has 0 radical (unpaired) electrons. The van der Waals surface area contributed by atoms with Gasteiger partial charge >= 0.3 is 5.97 Å². The number of carbonyl (C=O) groups is 1. The Morgan fingerprint density at radius 1 is 1.09 bits per heavy atom. The zero-order valence-corrected chi connectivity index (χ0v) is 13.5. The van der Waals surface area contributed by atoms with Crippen molar-refractivity contribution in [3.8, 4) is 5.75 Å². The molecular weight excluding hydrogens is 342 g/mol. The van der Waals surface area contributed by atoms with Crippen LogP contribution < -0.4 is 9.88 Å². The number of halogens is 1. The molecule has 0 aliphatic carbocycles. The molecule has 0 unspecified atom stereocenters. The van der Waals surface area contributed by atoms with Crippen LogP contribution in [0.4, 0.5) is 0 Å². The average molecular weight is 356 g/mol. The van der Waals surface area contributed by atoms with Crippen LogP contribution in [-0.2, 0) is 14.8 Å². The molecule has 2 aromatic carbocycles. The Labute approximate surface area is 138 Å². The van der Waals surface area contributed by atoms with Gasteiger partial charge in [-0.1, -0.05) is 29.8 Å². The zero-order chi connectivity index (χ0) is 16.9. The summed E-state index contributed by atoms with van der Waals surface area (Å²) in [6, 6.07) is 12.6. The summed E-state index contributed by atoms with van der Waals surface area (Å²) >= 11 is 5.88. The van der Waals surface area contributed by atoms with Crippen molar-refractivity contribution in [3.63, 3.8) is 0 Å². The minimum Gasteiger partial charge on any atom is -0.490 e. The first-order chi connectivity index (χ1) is 10.9. The lowest BCUT2D eigenvalue weighted by Crippen LogP contribution is -2.15. The Kier molecular flexibility index (Phi) is 5.59. The van der Waals surface area contributed by atoms with Crippen LogP contribution in [-0.4, -0.2) is 27.6 Å². The zero-order valence-electron chi connectivity index (χ0n) is 11.9. The molecule has 0 amide bonds. The molecule has 23 heavy (non-hydrogen) atoms. The van der Waals surface area contributed by atoms with E-state index in [9.17, 15) is 13.2 Å². The van der Waals surface area contributed by atoms with Gasteiger partial charge in [-0.2, -0.15) is 0 Å². The van der Waals surface area contributed by atoms with Crippen molar-refractivity contribution in [3.05, 3.63) is 59.1 Å². The summed E-state index contributed by atoms with van der Waals surface area (Å²) in [6.45, 7) is 0.145. The fraction of sp³-hybridized carbons (Fsp3) is 0.133. The summed E-state index contributed by atoms with van der Waals surface area (Å²) in [5.74, 6) is -0.102. The summed E-state index contributed by atoms with van der Waals surface area (Å²) in [7, 11) is -3.93. The Balaban J connectivity index is 1.95. The maximum absolute atomic E-state index is 12.0. The van der Waals surface area contributed by atoms with E-state index in [1.165, 1.54) is 12.1 Å². The number of para-hydroxylation sites is 1. The lowest BCUT2D eigenvalue weighted by molar-refractivity contribution is 0.0450. The van der Waals surface area contributed by atoms with Gasteiger partial charge in [0.1, 0.15) is 19.0 Å². The summed E-state index contributed by atoms with van der Waals surface area (Å²) in [5.41, 5.74) is -0.0714. The molecule has 0 spiro atoms. The summed E-state index contributed by atoms with van der Waals surface area (Å²) in [4.78, 5) is 11.7. The number of benzene rings is 2. The average Bonchev–Trinajstić information content (AvgIpc) is 2.51. The number of rotatable bonds is 6. The maximum Gasteiger partial charge on any atom is 0.339 e. The van der Waals surface area contributed by atoms with Crippen LogP contribution in [0.3, 0.4) is 0 Å². The highest BCUT2D eigenvalue weighted by molar-refractivity contribution is 7.89. The van der Waals surface area contributed by atoms with E-state index in [1.54, 1.807) is 12.1 Å². The van der Waals surface area contributed by atoms with Crippen molar-refractivity contribution in [1.29, 1.82) is 0 Å². The number of hydrogen-bond donors (Lipinski definition) is 1. The van der Waals surface area contributed by atoms with E-state index < -0.39 is 16.0 Å². The molecule has 0 atom stereocenters. The molecule has 0 saturated carbocycles. The third-order valence-corrected chi connectivity index (χ3v) is 4.06. The number of carbonyl (C=O) groups excluding carboxylic acids is 1. The van der Waals surface area contributed by atoms with E-state index >= 15 is 0 Å². The molecule has 0 fully saturated rings. The van der Waals surface area contributed by atoms with E-state index in [-0.39, 0.29) is 28.7 Å². The number of primary sulfonamides is 1. The van der Waals surface area contributed by atoms with Crippen molar-refractivity contribution < 1.29 is 22.7 Å². The Morgan fingerprint density at radius 2 is 1.78 bits per heavy atom. The normalized spacial score (nSPS) is 11.0. The maximum atomic E-state index is 12.0. The highest BCUT2D eigenvalue weighted by atomic mass is 35.5. The molecule has 0 bridgehead atoms. The van der Waals surface area contributed by atoms with E-state index in [1.807, 2.05) is 18.2 Å². The standard InChI is InChI=1S/C15H14ClNO5S/c16-14-7-6-12(23(17,19)20)10-13(14)15(18)22-9-8-21-11-4-2-1-3-5-11/h1-7,10H,8-9H2,(H2,17,19,20). The van der Waals surface area contributed by atoms with Crippen molar-refractivity contribution in [1.82, 2.24) is 0 Å². The second-order valence-electron chi connectivity index (χ2n) is 4.48. The highest BCUT2D eigenvalue weighted by Gasteiger charge is 2.16. The van der Waals surface area contributed by atoms with E-state index in [4.69, 9.17) is 26.2 Å². The van der Waals surface area contributed by atoms with Crippen LogP contribution in [0.25, 0.3) is 0 Å². The first-order valence-corrected chi connectivity index (χ1v) is 8.47. The molecule has 122 valence electrons. The predicted octanol–water partition coefficient (Wildman–Crippen LogP) is 2.22. The number of sulfonamides is 1. The van der Waals surface area contributed by atoms with Crippen LogP contribution >= 0.6 is 11.6 Å². The SMILES string of the molecule is NS(=O)(=O)c1ccc(Cl)c(C(=O)OCCOc2ccccc2)c1. The minimum atomic E-state index is -3.93. The first kappa shape index (κ1) is 17.3. The van der Waals surface area contributed by atoms with Crippen molar-refractivity contribution in [2.24, 2.45) is 5.14 Å². The van der Waals surface area contributed by atoms with Gasteiger partial charge in [-0.05, 0) is 30.3 Å². The van der Waals surface area contributed by atoms with Gasteiger partial charge < -0.3 is 9.47 Å². The number of esters is 1. The molecule has 8 heteroatoms. The molecule has 0 aliphatic heterocycles. The van der Waals surface area contributed by atoms with Crippen LogP contribution in [0.2, 0.25) is 5.02 Å². The Morgan fingerprint density at radius 3 is 2.43 bits per heavy atom. The monoisotopic (exact) mass is 355 g/mol. The van der Waals surface area contributed by atoms with E-state index in [2.05, 4.69) is 0 Å². The van der Waals surface area contributed by atoms with Gasteiger partial charge in [0.2, 0.25) is 10.0 Å². The Bertz CT molecular complexity index is 793. The lowest BCUT2D eigenvalue weighted by Gasteiger charge is -2.09. The van der Waals surface area contributed by atoms with Crippen molar-refractivity contribution in [2.75, 3.05) is 13.2 Å². The number of nitrogens with two attached hydrogens (primary N) is 1. The number of hydrogen-bond acceptors (Lipinski definition) is 5. The highest BCUT2D eigenvalue weighted by Crippen LogP contribution is 2.20. The topological polar surface area (TPSA) is 95.7 Å². The first-order valence-electron chi connectivity index (χ1n) is 6.55. The summed E-state index contributed by atoms with van der Waals surface area (Å²) < 4.78 is 33.0. The predicted molar refractivity (Wildman–Crippen MR) is 85.0 cm³/mol. The third kappa shape index (κ3) is 4.95. The van der Waals surface area contributed by atoms with Gasteiger partial charge in [0, 0.05) is 0 Å². The van der Waals surface area contributed by atoms with E-state index in [0.29, 0.717) is 5.75 Å². The van der Waals surface area contributed by atoms with Crippen LogP contribution in [0.1, 0.15) is 10.4 Å². The summed E-state index contributed by atoms with van der Waals surface area (Å²) in [6.07, 6.45) is 0. The molecule has 0 saturated heterocycles. The summed E-state index contributed by atoms with van der Waals surface area (Å²) in [5, 5.41) is 5.09. The molecular formula is C15H14ClNO5S. The van der Waals surface area contributed by atoms with Crippen molar-refractivity contribution in [2.45, 2.75) is 4.90 Å². The van der Waals surface area contributed by atoms with Gasteiger partial charge in [0.05, 0.1) is 15.5 Å². The van der Waals surface area contributed by atoms with Gasteiger partial charge in [0.15, 0.2) is 0 Å². The quantitative estimate of drug-likeness (QED) is 0.633. The van der Waals surface area contributed by atoms with Gasteiger partial charge in [0.25, 0.3) is 0 Å². The number of ether oxygens (including phenoxy) is 2. The lowest BCUT2D eigenvalue weighted by atomic mass is 10.2. The second-order valence-corrected chi connectivity index (χ2v) is 6.45. The molecule has 0 heterocycles. The van der Waals surface area contributed by atoms with Gasteiger partial charge in [-0.15, -0.1) is 0 Å². The fourth-order valence-corrected chi connectivity index (χ4v) is 2.46.